The first-order valence-corrected chi connectivity index (χ1v) is 6.97. The molecule has 2 unspecified atom stereocenters. The molecule has 0 amide bonds. The molecule has 0 aromatic rings. The van der Waals surface area contributed by atoms with Crippen LogP contribution in [0, 0.1) is 5.92 Å². The highest BCUT2D eigenvalue weighted by Crippen LogP contribution is 2.37. The number of rotatable bonds is 4. The summed E-state index contributed by atoms with van der Waals surface area (Å²) in [4.78, 5) is 0. The van der Waals surface area contributed by atoms with Crippen molar-refractivity contribution in [2.45, 2.75) is 51.1 Å². The Morgan fingerprint density at radius 3 is 2.67 bits per heavy atom. The normalized spacial score (nSPS) is 33.0. The first-order valence-electron chi connectivity index (χ1n) is 5.45. The van der Waals surface area contributed by atoms with Gasteiger partial charge in [0.05, 0.1) is 5.60 Å². The van der Waals surface area contributed by atoms with Gasteiger partial charge < -0.3 is 4.74 Å². The maximum Gasteiger partial charge on any atom is 0.268 e. The van der Waals surface area contributed by atoms with E-state index in [0.717, 1.165) is 30.6 Å². The third kappa shape index (κ3) is 4.51. The fourth-order valence-electron chi connectivity index (χ4n) is 2.18. The molecule has 0 N–H and O–H groups in total. The van der Waals surface area contributed by atoms with Crippen molar-refractivity contribution in [3.63, 3.8) is 0 Å². The van der Waals surface area contributed by atoms with Crippen LogP contribution < -0.4 is 0 Å². The molecule has 0 aliphatic heterocycles. The summed E-state index contributed by atoms with van der Waals surface area (Å²) < 4.78 is 31.8. The molecule has 1 saturated carbocycles. The van der Waals surface area contributed by atoms with E-state index in [9.17, 15) is 8.78 Å². The van der Waals surface area contributed by atoms with E-state index in [1.165, 1.54) is 6.42 Å². The van der Waals surface area contributed by atoms with Gasteiger partial charge in [0.25, 0.3) is 5.92 Å². The lowest BCUT2D eigenvalue weighted by molar-refractivity contribution is -0.137. The Bertz CT molecular complexity index is 205. The van der Waals surface area contributed by atoms with Gasteiger partial charge in [0.2, 0.25) is 0 Å². The standard InChI is InChI=1S/C11H19F2IO/c1-9-4-3-5-11(6-9,7-14)15-8-10(2,12)13/h9H,3-8H2,1-2H3. The summed E-state index contributed by atoms with van der Waals surface area (Å²) in [6.07, 6.45) is 4.14. The fraction of sp³-hybridized carbons (Fsp3) is 1.00. The number of ether oxygens (including phenoxy) is 1. The molecule has 1 aliphatic carbocycles. The number of hydrogen-bond acceptors (Lipinski definition) is 1. The van der Waals surface area contributed by atoms with Crippen molar-refractivity contribution >= 4 is 22.6 Å². The Morgan fingerprint density at radius 1 is 1.53 bits per heavy atom. The molecule has 4 heteroatoms. The van der Waals surface area contributed by atoms with Gasteiger partial charge in [0, 0.05) is 11.4 Å². The summed E-state index contributed by atoms with van der Waals surface area (Å²) in [6.45, 7) is 2.65. The van der Waals surface area contributed by atoms with E-state index in [1.54, 1.807) is 0 Å². The van der Waals surface area contributed by atoms with Gasteiger partial charge >= 0.3 is 0 Å². The molecule has 0 spiro atoms. The average Bonchev–Trinajstić information content (AvgIpc) is 2.14. The number of alkyl halides is 3. The van der Waals surface area contributed by atoms with Gasteiger partial charge in [-0.1, -0.05) is 42.4 Å². The van der Waals surface area contributed by atoms with Gasteiger partial charge in [-0.3, -0.25) is 0 Å². The Balaban J connectivity index is 2.52. The van der Waals surface area contributed by atoms with Gasteiger partial charge in [-0.05, 0) is 18.8 Å². The molecule has 15 heavy (non-hydrogen) atoms. The molecule has 90 valence electrons. The van der Waals surface area contributed by atoms with Gasteiger partial charge in [-0.15, -0.1) is 0 Å². The maximum atomic E-state index is 12.8. The average molecular weight is 332 g/mol. The summed E-state index contributed by atoms with van der Waals surface area (Å²) in [5.41, 5.74) is -0.294. The third-order valence-electron chi connectivity index (χ3n) is 2.93. The molecule has 0 saturated heterocycles. The minimum Gasteiger partial charge on any atom is -0.368 e. The third-order valence-corrected chi connectivity index (χ3v) is 4.32. The van der Waals surface area contributed by atoms with Crippen molar-refractivity contribution in [1.29, 1.82) is 0 Å². The van der Waals surface area contributed by atoms with Crippen LogP contribution in [-0.4, -0.2) is 22.6 Å². The molecule has 1 rings (SSSR count). The highest BCUT2D eigenvalue weighted by atomic mass is 127. The lowest BCUT2D eigenvalue weighted by atomic mass is 9.80. The fourth-order valence-corrected chi connectivity index (χ4v) is 3.10. The Morgan fingerprint density at radius 2 is 2.20 bits per heavy atom. The zero-order valence-electron chi connectivity index (χ0n) is 9.36. The molecule has 0 aromatic carbocycles. The molecule has 0 bridgehead atoms. The van der Waals surface area contributed by atoms with Crippen molar-refractivity contribution in [1.82, 2.24) is 0 Å². The van der Waals surface area contributed by atoms with E-state index in [1.807, 2.05) is 0 Å². The van der Waals surface area contributed by atoms with Gasteiger partial charge in [0.15, 0.2) is 0 Å². The zero-order chi connectivity index (χ0) is 11.5. The first-order chi connectivity index (χ1) is 6.87. The van der Waals surface area contributed by atoms with Crippen LogP contribution in [0.4, 0.5) is 8.78 Å². The van der Waals surface area contributed by atoms with E-state index in [-0.39, 0.29) is 5.60 Å². The summed E-state index contributed by atoms with van der Waals surface area (Å²) in [6, 6.07) is 0. The van der Waals surface area contributed by atoms with Crippen molar-refractivity contribution in [3.05, 3.63) is 0 Å². The second-order valence-electron chi connectivity index (χ2n) is 4.88. The number of hydrogen-bond donors (Lipinski definition) is 0. The van der Waals surface area contributed by atoms with Crippen molar-refractivity contribution in [2.75, 3.05) is 11.0 Å². The molecular weight excluding hydrogens is 313 g/mol. The Kier molecular flexibility index (Phi) is 4.77. The van der Waals surface area contributed by atoms with E-state index in [2.05, 4.69) is 29.5 Å². The van der Waals surface area contributed by atoms with Crippen LogP contribution in [0.5, 0.6) is 0 Å². The molecule has 1 nitrogen and oxygen atoms in total. The molecule has 2 atom stereocenters. The molecule has 0 aromatic heterocycles. The van der Waals surface area contributed by atoms with Crippen LogP contribution >= 0.6 is 22.6 Å². The molecule has 1 fully saturated rings. The maximum absolute atomic E-state index is 12.8. The van der Waals surface area contributed by atoms with Crippen molar-refractivity contribution in [3.8, 4) is 0 Å². The SMILES string of the molecule is CC1CCCC(CI)(OCC(C)(F)F)C1. The summed E-state index contributed by atoms with van der Waals surface area (Å²) >= 11 is 2.25. The highest BCUT2D eigenvalue weighted by Gasteiger charge is 2.37. The predicted octanol–water partition coefficient (Wildman–Crippen LogP) is 4.04. The van der Waals surface area contributed by atoms with Crippen molar-refractivity contribution < 1.29 is 13.5 Å². The lowest BCUT2D eigenvalue weighted by Gasteiger charge is -2.39. The quantitative estimate of drug-likeness (QED) is 0.558. The predicted molar refractivity (Wildman–Crippen MR) is 65.8 cm³/mol. The topological polar surface area (TPSA) is 9.23 Å². The van der Waals surface area contributed by atoms with Crippen LogP contribution in [0.3, 0.4) is 0 Å². The summed E-state index contributed by atoms with van der Waals surface area (Å²) in [7, 11) is 0. The van der Waals surface area contributed by atoms with Crippen LogP contribution in [0.15, 0.2) is 0 Å². The minimum atomic E-state index is -2.71. The van der Waals surface area contributed by atoms with Crippen LogP contribution in [0.25, 0.3) is 0 Å². The van der Waals surface area contributed by atoms with Crippen LogP contribution in [-0.2, 0) is 4.74 Å². The van der Waals surface area contributed by atoms with E-state index in [0.29, 0.717) is 5.92 Å². The Hall–Kier alpha value is 0.550. The van der Waals surface area contributed by atoms with Gasteiger partial charge in [0.1, 0.15) is 6.61 Å². The second kappa shape index (κ2) is 5.25. The largest absolute Gasteiger partial charge is 0.368 e. The van der Waals surface area contributed by atoms with Crippen LogP contribution in [0.1, 0.15) is 39.5 Å². The monoisotopic (exact) mass is 332 g/mol. The molecule has 0 heterocycles. The first kappa shape index (κ1) is 13.6. The molecular formula is C11H19F2IO. The minimum absolute atomic E-state index is 0.294. The second-order valence-corrected chi connectivity index (χ2v) is 5.64. The number of halogens is 3. The summed E-state index contributed by atoms with van der Waals surface area (Å²) in [5.74, 6) is -2.11. The van der Waals surface area contributed by atoms with Gasteiger partial charge in [-0.2, -0.15) is 0 Å². The molecule has 1 aliphatic rings. The smallest absolute Gasteiger partial charge is 0.268 e. The van der Waals surface area contributed by atoms with E-state index >= 15 is 0 Å². The lowest BCUT2D eigenvalue weighted by Crippen LogP contribution is -2.42. The zero-order valence-corrected chi connectivity index (χ0v) is 11.5. The molecule has 0 radical (unpaired) electrons. The van der Waals surface area contributed by atoms with E-state index in [4.69, 9.17) is 4.74 Å². The van der Waals surface area contributed by atoms with Crippen LogP contribution in [0.2, 0.25) is 0 Å². The van der Waals surface area contributed by atoms with E-state index < -0.39 is 12.5 Å². The summed E-state index contributed by atoms with van der Waals surface area (Å²) in [5, 5.41) is 0. The highest BCUT2D eigenvalue weighted by molar-refractivity contribution is 14.1. The Labute approximate surface area is 104 Å². The van der Waals surface area contributed by atoms with Gasteiger partial charge in [-0.25, -0.2) is 8.78 Å². The van der Waals surface area contributed by atoms with Crippen molar-refractivity contribution in [2.24, 2.45) is 5.92 Å².